The molecule has 3 heteroatoms. The van der Waals surface area contributed by atoms with Crippen LogP contribution in [0, 0.1) is 0 Å². The van der Waals surface area contributed by atoms with Gasteiger partial charge in [-0.2, -0.15) is 0 Å². The lowest BCUT2D eigenvalue weighted by Crippen LogP contribution is -2.09. The zero-order valence-electron chi connectivity index (χ0n) is 8.31. The van der Waals surface area contributed by atoms with Crippen LogP contribution in [-0.4, -0.2) is 17.3 Å². The van der Waals surface area contributed by atoms with E-state index in [9.17, 15) is 4.79 Å². The number of pyridine rings is 1. The molecule has 1 aromatic carbocycles. The Hall–Kier alpha value is -1.74. The van der Waals surface area contributed by atoms with Crippen LogP contribution in [0.25, 0.3) is 10.9 Å². The molecule has 0 amide bonds. The first-order valence-corrected chi connectivity index (χ1v) is 4.90. The van der Waals surface area contributed by atoms with Gasteiger partial charge in [-0.25, -0.2) is 4.98 Å². The smallest absolute Gasteiger partial charge is 0.182 e. The Labute approximate surface area is 87.9 Å². The number of Topliss-reactive ketones (excluding diaryl/α,β-unsaturated/α-hetero) is 1. The molecule has 2 rings (SSSR count). The second-order valence-corrected chi connectivity index (χ2v) is 3.35. The highest BCUT2D eigenvalue weighted by atomic mass is 16.1. The summed E-state index contributed by atoms with van der Waals surface area (Å²) in [6.45, 7) is 0.368. The molecule has 0 aliphatic heterocycles. The summed E-state index contributed by atoms with van der Waals surface area (Å²) in [7, 11) is 0. The maximum atomic E-state index is 11.5. The molecule has 1 aromatic heterocycles. The van der Waals surface area contributed by atoms with Crippen molar-refractivity contribution < 1.29 is 4.79 Å². The first-order valence-electron chi connectivity index (χ1n) is 4.90. The maximum Gasteiger partial charge on any atom is 0.182 e. The molecule has 2 N–H and O–H groups in total. The Bertz CT molecular complexity index is 494. The van der Waals surface area contributed by atoms with E-state index in [4.69, 9.17) is 5.73 Å². The lowest BCUT2D eigenvalue weighted by Gasteiger charge is -2.00. The molecule has 3 nitrogen and oxygen atoms in total. The molecular formula is C12H12N2O. The number of carbonyl (C=O) groups is 1. The quantitative estimate of drug-likeness (QED) is 0.768. The lowest BCUT2D eigenvalue weighted by atomic mass is 10.1. The monoisotopic (exact) mass is 200 g/mol. The minimum absolute atomic E-state index is 0.00301. The number of nitrogens with zero attached hydrogens (tertiary/aromatic N) is 1. The van der Waals surface area contributed by atoms with Crippen LogP contribution in [0.4, 0.5) is 0 Å². The van der Waals surface area contributed by atoms with Crippen molar-refractivity contribution >= 4 is 16.7 Å². The molecule has 0 unspecified atom stereocenters. The van der Waals surface area contributed by atoms with Crippen molar-refractivity contribution in [3.05, 3.63) is 42.1 Å². The highest BCUT2D eigenvalue weighted by Crippen LogP contribution is 2.12. The molecule has 0 aliphatic rings. The molecule has 0 aliphatic carbocycles. The molecule has 0 saturated heterocycles. The van der Waals surface area contributed by atoms with Crippen LogP contribution >= 0.6 is 0 Å². The molecule has 0 bridgehead atoms. The van der Waals surface area contributed by atoms with E-state index in [0.29, 0.717) is 18.7 Å². The molecule has 0 fully saturated rings. The molecule has 0 atom stereocenters. The van der Waals surface area contributed by atoms with Crippen molar-refractivity contribution in [1.82, 2.24) is 4.98 Å². The zero-order valence-corrected chi connectivity index (χ0v) is 8.31. The number of benzene rings is 1. The fourth-order valence-electron chi connectivity index (χ4n) is 1.48. The maximum absolute atomic E-state index is 11.5. The number of ketones is 1. The van der Waals surface area contributed by atoms with Crippen molar-refractivity contribution in [2.45, 2.75) is 6.42 Å². The van der Waals surface area contributed by atoms with E-state index in [1.54, 1.807) is 6.07 Å². The fourth-order valence-corrected chi connectivity index (χ4v) is 1.48. The zero-order chi connectivity index (χ0) is 10.7. The topological polar surface area (TPSA) is 56.0 Å². The van der Waals surface area contributed by atoms with Gasteiger partial charge in [0.25, 0.3) is 0 Å². The predicted octanol–water partition coefficient (Wildman–Crippen LogP) is 1.77. The second kappa shape index (κ2) is 4.19. The van der Waals surface area contributed by atoms with Gasteiger partial charge in [0, 0.05) is 11.8 Å². The molecular weight excluding hydrogens is 188 g/mol. The number of hydrogen-bond donors (Lipinski definition) is 1. The van der Waals surface area contributed by atoms with E-state index in [1.165, 1.54) is 0 Å². The first kappa shape index (κ1) is 9.80. The van der Waals surface area contributed by atoms with E-state index in [1.807, 2.05) is 30.3 Å². The summed E-state index contributed by atoms with van der Waals surface area (Å²) >= 11 is 0. The first-order chi connectivity index (χ1) is 7.31. The van der Waals surface area contributed by atoms with E-state index in [2.05, 4.69) is 4.98 Å². The van der Waals surface area contributed by atoms with Crippen LogP contribution < -0.4 is 5.73 Å². The number of nitrogens with two attached hydrogens (primary N) is 1. The molecule has 15 heavy (non-hydrogen) atoms. The van der Waals surface area contributed by atoms with E-state index >= 15 is 0 Å². The summed E-state index contributed by atoms with van der Waals surface area (Å²) in [6, 6.07) is 11.4. The largest absolute Gasteiger partial charge is 0.330 e. The Morgan fingerprint density at radius 2 is 2.00 bits per heavy atom. The molecule has 0 saturated carbocycles. The van der Waals surface area contributed by atoms with Crippen molar-refractivity contribution in [2.24, 2.45) is 5.73 Å². The fraction of sp³-hybridized carbons (Fsp3) is 0.167. The summed E-state index contributed by atoms with van der Waals surface area (Å²) < 4.78 is 0. The number of aromatic nitrogens is 1. The number of hydrogen-bond acceptors (Lipinski definition) is 3. The van der Waals surface area contributed by atoms with E-state index in [-0.39, 0.29) is 5.78 Å². The lowest BCUT2D eigenvalue weighted by molar-refractivity contribution is 0.0981. The van der Waals surface area contributed by atoms with Crippen molar-refractivity contribution in [3.63, 3.8) is 0 Å². The van der Waals surface area contributed by atoms with Gasteiger partial charge >= 0.3 is 0 Å². The van der Waals surface area contributed by atoms with Gasteiger partial charge in [-0.1, -0.05) is 24.3 Å². The summed E-state index contributed by atoms with van der Waals surface area (Å²) in [5, 5.41) is 1.04. The molecule has 2 aromatic rings. The number of carbonyl (C=O) groups excluding carboxylic acids is 1. The third kappa shape index (κ3) is 2.02. The van der Waals surface area contributed by atoms with Crippen molar-refractivity contribution in [1.29, 1.82) is 0 Å². The van der Waals surface area contributed by atoms with Gasteiger partial charge in [0.2, 0.25) is 0 Å². The van der Waals surface area contributed by atoms with Gasteiger partial charge in [0.05, 0.1) is 5.52 Å². The summed E-state index contributed by atoms with van der Waals surface area (Å²) in [5.41, 5.74) is 6.68. The molecule has 0 radical (unpaired) electrons. The van der Waals surface area contributed by atoms with Crippen molar-refractivity contribution in [2.75, 3.05) is 6.54 Å². The van der Waals surface area contributed by atoms with Crippen LogP contribution in [0.5, 0.6) is 0 Å². The Kier molecular flexibility index (Phi) is 2.74. The van der Waals surface area contributed by atoms with Crippen LogP contribution in [0.15, 0.2) is 36.4 Å². The minimum atomic E-state index is 0.00301. The van der Waals surface area contributed by atoms with Gasteiger partial charge in [-0.3, -0.25) is 4.79 Å². The van der Waals surface area contributed by atoms with Crippen LogP contribution in [0.3, 0.4) is 0 Å². The van der Waals surface area contributed by atoms with Gasteiger partial charge in [0.1, 0.15) is 5.69 Å². The molecule has 76 valence electrons. The highest BCUT2D eigenvalue weighted by Gasteiger charge is 2.06. The van der Waals surface area contributed by atoms with E-state index < -0.39 is 0 Å². The number of fused-ring (bicyclic) bond motifs is 1. The Balaban J connectivity index is 2.42. The molecule has 0 spiro atoms. The second-order valence-electron chi connectivity index (χ2n) is 3.35. The van der Waals surface area contributed by atoms with Gasteiger partial charge in [0.15, 0.2) is 5.78 Å². The number of rotatable bonds is 3. The highest BCUT2D eigenvalue weighted by molar-refractivity contribution is 5.96. The predicted molar refractivity (Wildman–Crippen MR) is 59.7 cm³/mol. The summed E-state index contributed by atoms with van der Waals surface area (Å²) in [6.07, 6.45) is 0.353. The third-order valence-corrected chi connectivity index (χ3v) is 2.26. The summed E-state index contributed by atoms with van der Waals surface area (Å²) in [4.78, 5) is 15.8. The van der Waals surface area contributed by atoms with Crippen LogP contribution in [0.1, 0.15) is 16.9 Å². The average Bonchev–Trinajstić information content (AvgIpc) is 2.29. The Morgan fingerprint density at radius 3 is 2.80 bits per heavy atom. The average molecular weight is 200 g/mol. The molecule has 1 heterocycles. The third-order valence-electron chi connectivity index (χ3n) is 2.26. The van der Waals surface area contributed by atoms with Crippen molar-refractivity contribution in [3.8, 4) is 0 Å². The normalized spacial score (nSPS) is 10.5. The Morgan fingerprint density at radius 1 is 1.20 bits per heavy atom. The standard InChI is InChI=1S/C12H12N2O/c13-8-7-12(15)11-6-5-9-3-1-2-4-10(9)14-11/h1-6H,7-8,13H2. The van der Waals surface area contributed by atoms with Crippen LogP contribution in [-0.2, 0) is 0 Å². The number of para-hydroxylation sites is 1. The van der Waals surface area contributed by atoms with E-state index in [0.717, 1.165) is 10.9 Å². The summed E-state index contributed by atoms with van der Waals surface area (Å²) in [5.74, 6) is 0.00301. The van der Waals surface area contributed by atoms with Gasteiger partial charge < -0.3 is 5.73 Å². The van der Waals surface area contributed by atoms with Gasteiger partial charge in [-0.15, -0.1) is 0 Å². The SMILES string of the molecule is NCCC(=O)c1ccc2ccccc2n1. The van der Waals surface area contributed by atoms with Crippen LogP contribution in [0.2, 0.25) is 0 Å². The van der Waals surface area contributed by atoms with Gasteiger partial charge in [-0.05, 0) is 18.7 Å². The minimum Gasteiger partial charge on any atom is -0.330 e.